The first-order chi connectivity index (χ1) is 12.7. The molecule has 0 radical (unpaired) electrons. The Morgan fingerprint density at radius 2 is 1.54 bits per heavy atom. The van der Waals surface area contributed by atoms with Gasteiger partial charge in [-0.25, -0.2) is 0 Å². The summed E-state index contributed by atoms with van der Waals surface area (Å²) in [6.07, 6.45) is 1.68. The van der Waals surface area contributed by atoms with Gasteiger partial charge in [-0.2, -0.15) is 5.10 Å². The maximum absolute atomic E-state index is 6.18. The number of nitrogens with zero attached hydrogens (tertiary/aromatic N) is 3. The summed E-state index contributed by atoms with van der Waals surface area (Å²) in [5.74, 6) is 2.06. The van der Waals surface area contributed by atoms with E-state index in [2.05, 4.69) is 20.7 Å². The van der Waals surface area contributed by atoms with Crippen LogP contribution in [-0.4, -0.2) is 30.6 Å². The molecule has 26 heavy (non-hydrogen) atoms. The van der Waals surface area contributed by atoms with Crippen molar-refractivity contribution in [3.8, 4) is 22.6 Å². The average Bonchev–Trinajstić information content (AvgIpc) is 2.70. The molecule has 6 nitrogen and oxygen atoms in total. The number of benzene rings is 2. The smallest absolute Gasteiger partial charge is 0.169 e. The van der Waals surface area contributed by atoms with Crippen LogP contribution in [0, 0.1) is 0 Å². The van der Waals surface area contributed by atoms with E-state index in [1.165, 1.54) is 0 Å². The Morgan fingerprint density at radius 3 is 2.15 bits per heavy atom. The number of anilines is 1. The molecule has 0 saturated carbocycles. The molecule has 132 valence electrons. The van der Waals surface area contributed by atoms with Crippen LogP contribution in [-0.2, 0) is 0 Å². The van der Waals surface area contributed by atoms with Crippen LogP contribution in [0.5, 0.6) is 11.5 Å². The Bertz CT molecular complexity index is 896. The molecule has 0 aliphatic rings. The quantitative estimate of drug-likeness (QED) is 0.520. The third kappa shape index (κ3) is 4.29. The SMILES string of the molecule is COc1ccc(/C=N/Nc2cc(-c3ccc(OC)cc3)c(Cl)nn2)cc1. The number of nitrogens with one attached hydrogen (secondary N) is 1. The van der Waals surface area contributed by atoms with Crippen LogP contribution in [0.3, 0.4) is 0 Å². The Labute approximate surface area is 156 Å². The normalized spacial score (nSPS) is 10.7. The molecular formula is C19H17ClN4O2. The van der Waals surface area contributed by atoms with Crippen molar-refractivity contribution in [3.63, 3.8) is 0 Å². The molecule has 0 saturated heterocycles. The molecule has 0 aliphatic heterocycles. The van der Waals surface area contributed by atoms with Gasteiger partial charge in [0.1, 0.15) is 11.5 Å². The van der Waals surface area contributed by atoms with Crippen molar-refractivity contribution >= 4 is 23.6 Å². The van der Waals surface area contributed by atoms with Crippen molar-refractivity contribution in [1.82, 2.24) is 10.2 Å². The number of halogens is 1. The van der Waals surface area contributed by atoms with Gasteiger partial charge >= 0.3 is 0 Å². The van der Waals surface area contributed by atoms with E-state index in [9.17, 15) is 0 Å². The maximum Gasteiger partial charge on any atom is 0.169 e. The third-order valence-corrected chi connectivity index (χ3v) is 3.94. The van der Waals surface area contributed by atoms with Gasteiger partial charge in [0.05, 0.1) is 20.4 Å². The van der Waals surface area contributed by atoms with E-state index in [1.54, 1.807) is 26.5 Å². The monoisotopic (exact) mass is 368 g/mol. The van der Waals surface area contributed by atoms with Gasteiger partial charge in [-0.1, -0.05) is 23.7 Å². The number of methoxy groups -OCH3 is 2. The van der Waals surface area contributed by atoms with Crippen LogP contribution >= 0.6 is 11.6 Å². The summed E-state index contributed by atoms with van der Waals surface area (Å²) >= 11 is 6.18. The van der Waals surface area contributed by atoms with Gasteiger partial charge in [0, 0.05) is 5.56 Å². The highest BCUT2D eigenvalue weighted by atomic mass is 35.5. The summed E-state index contributed by atoms with van der Waals surface area (Å²) in [5, 5.41) is 12.5. The van der Waals surface area contributed by atoms with Crippen molar-refractivity contribution in [2.45, 2.75) is 0 Å². The lowest BCUT2D eigenvalue weighted by Crippen LogP contribution is -1.97. The molecular weight excluding hydrogens is 352 g/mol. The standard InChI is InChI=1S/C19H17ClN4O2/c1-25-15-7-3-13(4-8-15)12-21-22-18-11-17(19(20)24-23-18)14-5-9-16(26-2)10-6-14/h3-12H,1-2H3,(H,22,23)/b21-12+. The summed E-state index contributed by atoms with van der Waals surface area (Å²) < 4.78 is 10.3. The van der Waals surface area contributed by atoms with Crippen LogP contribution in [0.15, 0.2) is 59.7 Å². The van der Waals surface area contributed by atoms with Crippen LogP contribution in [0.4, 0.5) is 5.82 Å². The lowest BCUT2D eigenvalue weighted by atomic mass is 10.1. The minimum Gasteiger partial charge on any atom is -0.497 e. The molecule has 1 N–H and O–H groups in total. The lowest BCUT2D eigenvalue weighted by molar-refractivity contribution is 0.414. The predicted molar refractivity (Wildman–Crippen MR) is 103 cm³/mol. The molecule has 0 bridgehead atoms. The second-order valence-electron chi connectivity index (χ2n) is 5.31. The molecule has 1 heterocycles. The molecule has 0 fully saturated rings. The molecule has 0 spiro atoms. The van der Waals surface area contributed by atoms with Gasteiger partial charge < -0.3 is 9.47 Å². The molecule has 3 rings (SSSR count). The largest absolute Gasteiger partial charge is 0.497 e. The number of rotatable bonds is 6. The number of hydrazone groups is 1. The zero-order valence-corrected chi connectivity index (χ0v) is 15.1. The van der Waals surface area contributed by atoms with Crippen molar-refractivity contribution < 1.29 is 9.47 Å². The number of hydrogen-bond donors (Lipinski definition) is 1. The molecule has 3 aromatic rings. The second-order valence-corrected chi connectivity index (χ2v) is 5.66. The summed E-state index contributed by atoms with van der Waals surface area (Å²) in [6.45, 7) is 0. The molecule has 7 heteroatoms. The van der Waals surface area contributed by atoms with Gasteiger partial charge in [-0.15, -0.1) is 10.2 Å². The van der Waals surface area contributed by atoms with E-state index in [1.807, 2.05) is 48.5 Å². The number of ether oxygens (including phenoxy) is 2. The van der Waals surface area contributed by atoms with Crippen molar-refractivity contribution in [2.24, 2.45) is 5.10 Å². The summed E-state index contributed by atoms with van der Waals surface area (Å²) in [4.78, 5) is 0. The van der Waals surface area contributed by atoms with E-state index < -0.39 is 0 Å². The van der Waals surface area contributed by atoms with Crippen LogP contribution in [0.1, 0.15) is 5.56 Å². The molecule has 0 unspecified atom stereocenters. The molecule has 2 aromatic carbocycles. The first kappa shape index (κ1) is 17.7. The van der Waals surface area contributed by atoms with Crippen LogP contribution in [0.2, 0.25) is 5.15 Å². The number of hydrogen-bond acceptors (Lipinski definition) is 6. The summed E-state index contributed by atoms with van der Waals surface area (Å²) in [5.41, 5.74) is 5.46. The van der Waals surface area contributed by atoms with Gasteiger partial charge in [0.2, 0.25) is 0 Å². The minimum absolute atomic E-state index is 0.319. The molecule has 1 aromatic heterocycles. The van der Waals surface area contributed by atoms with Crippen molar-refractivity contribution in [3.05, 3.63) is 65.3 Å². The summed E-state index contributed by atoms with van der Waals surface area (Å²) in [7, 11) is 3.25. The first-order valence-electron chi connectivity index (χ1n) is 7.80. The Balaban J connectivity index is 1.75. The maximum atomic E-state index is 6.18. The highest BCUT2D eigenvalue weighted by molar-refractivity contribution is 6.32. The fourth-order valence-electron chi connectivity index (χ4n) is 2.27. The van der Waals surface area contributed by atoms with Gasteiger partial charge in [-0.3, -0.25) is 5.43 Å². The lowest BCUT2D eigenvalue weighted by Gasteiger charge is -2.07. The van der Waals surface area contributed by atoms with E-state index in [4.69, 9.17) is 21.1 Å². The van der Waals surface area contributed by atoms with Crippen molar-refractivity contribution in [1.29, 1.82) is 0 Å². The second kappa shape index (κ2) is 8.31. The van der Waals surface area contributed by atoms with Crippen LogP contribution in [0.25, 0.3) is 11.1 Å². The van der Waals surface area contributed by atoms with Crippen LogP contribution < -0.4 is 14.9 Å². The average molecular weight is 369 g/mol. The highest BCUT2D eigenvalue weighted by Crippen LogP contribution is 2.28. The minimum atomic E-state index is 0.319. The topological polar surface area (TPSA) is 68.6 Å². The molecule has 0 atom stereocenters. The van der Waals surface area contributed by atoms with Gasteiger partial charge in [-0.05, 0) is 53.6 Å². The van der Waals surface area contributed by atoms with Gasteiger partial charge in [0.15, 0.2) is 11.0 Å². The number of aromatic nitrogens is 2. The Hall–Kier alpha value is -3.12. The highest BCUT2D eigenvalue weighted by Gasteiger charge is 2.08. The Kier molecular flexibility index (Phi) is 5.66. The zero-order valence-electron chi connectivity index (χ0n) is 14.3. The summed E-state index contributed by atoms with van der Waals surface area (Å²) in [6, 6.07) is 16.9. The zero-order chi connectivity index (χ0) is 18.4. The molecule has 0 aliphatic carbocycles. The van der Waals surface area contributed by atoms with E-state index >= 15 is 0 Å². The fourth-order valence-corrected chi connectivity index (χ4v) is 2.47. The Morgan fingerprint density at radius 1 is 0.923 bits per heavy atom. The van der Waals surface area contributed by atoms with E-state index in [0.29, 0.717) is 11.0 Å². The third-order valence-electron chi connectivity index (χ3n) is 3.66. The van der Waals surface area contributed by atoms with E-state index in [0.717, 1.165) is 28.2 Å². The molecule has 0 amide bonds. The predicted octanol–water partition coefficient (Wildman–Crippen LogP) is 4.26. The first-order valence-corrected chi connectivity index (χ1v) is 8.18. The fraction of sp³-hybridized carbons (Fsp3) is 0.105. The van der Waals surface area contributed by atoms with E-state index in [-0.39, 0.29) is 0 Å². The van der Waals surface area contributed by atoms with Crippen molar-refractivity contribution in [2.75, 3.05) is 19.6 Å². The van der Waals surface area contributed by atoms with Gasteiger partial charge in [0.25, 0.3) is 0 Å².